The van der Waals surface area contributed by atoms with Crippen molar-refractivity contribution in [2.45, 2.75) is 19.3 Å². The van der Waals surface area contributed by atoms with E-state index in [0.717, 1.165) is 0 Å². The second-order valence-corrected chi connectivity index (χ2v) is 3.10. The third-order valence-corrected chi connectivity index (χ3v) is 2.06. The maximum Gasteiger partial charge on any atom is 0.231 e. The van der Waals surface area contributed by atoms with Crippen molar-refractivity contribution in [1.82, 2.24) is 5.32 Å². The van der Waals surface area contributed by atoms with Crippen LogP contribution >= 0.6 is 0 Å². The van der Waals surface area contributed by atoms with E-state index in [0.29, 0.717) is 5.56 Å². The van der Waals surface area contributed by atoms with Gasteiger partial charge in [-0.15, -0.1) is 0 Å². The van der Waals surface area contributed by atoms with E-state index in [1.807, 2.05) is 0 Å². The number of nitrogens with one attached hydrogen (secondary N) is 1. The Morgan fingerprint density at radius 1 is 1.57 bits per heavy atom. The lowest BCUT2D eigenvalue weighted by Crippen LogP contribution is -2.23. The third kappa shape index (κ3) is 1.82. The summed E-state index contributed by atoms with van der Waals surface area (Å²) in [6.45, 7) is -0.438. The van der Waals surface area contributed by atoms with Crippen molar-refractivity contribution < 1.29 is 15.0 Å². The van der Waals surface area contributed by atoms with Crippen LogP contribution in [-0.4, -0.2) is 19.8 Å². The highest BCUT2D eigenvalue weighted by Gasteiger charge is 2.13. The van der Waals surface area contributed by atoms with Gasteiger partial charge >= 0.3 is 0 Å². The molecule has 0 fully saturated rings. The third-order valence-electron chi connectivity index (χ3n) is 2.06. The summed E-state index contributed by atoms with van der Waals surface area (Å²) in [4.78, 5) is 0. The van der Waals surface area contributed by atoms with Crippen LogP contribution in [0.3, 0.4) is 0 Å². The molecule has 1 atom stereocenters. The Labute approximate surface area is 89.6 Å². The van der Waals surface area contributed by atoms with Crippen molar-refractivity contribution in [3.05, 3.63) is 23.8 Å². The van der Waals surface area contributed by atoms with Crippen LogP contribution in [0.2, 0.25) is 0 Å². The lowest BCUT2D eigenvalue weighted by molar-refractivity contribution is 0.174. The molecule has 2 rings (SSSR count). The Kier molecular flexibility index (Phi) is 1.56. The molecule has 0 spiro atoms. The van der Waals surface area contributed by atoms with Crippen LogP contribution in [0.1, 0.15) is 18.0 Å². The number of hydrogen-bond acceptors (Lipinski definition) is 3. The standard InChI is InChI=1S/C11H15NO2/c1-8(12-2)5-9-3-4-10-11(6-9)14-7-13-10/h3-4,6,8,12H,5,7H2,1-2H3/i5D2,7D2. The highest BCUT2D eigenvalue weighted by molar-refractivity contribution is 5.44. The van der Waals surface area contributed by atoms with Crippen LogP contribution < -0.4 is 14.8 Å². The van der Waals surface area contributed by atoms with E-state index in [1.165, 1.54) is 12.1 Å². The molecule has 3 heteroatoms. The Balaban J connectivity index is 2.34. The fourth-order valence-electron chi connectivity index (χ4n) is 1.19. The zero-order chi connectivity index (χ0) is 13.6. The lowest BCUT2D eigenvalue weighted by Gasteiger charge is -2.09. The topological polar surface area (TPSA) is 30.5 Å². The maximum absolute atomic E-state index is 8.05. The number of fused-ring (bicyclic) bond motifs is 1. The first kappa shape index (κ1) is 5.61. The number of likely N-dealkylation sites (N-methyl/N-ethyl adjacent to an activating group) is 1. The Morgan fingerprint density at radius 3 is 3.14 bits per heavy atom. The average molecular weight is 197 g/mol. The summed E-state index contributed by atoms with van der Waals surface area (Å²) >= 11 is 0. The van der Waals surface area contributed by atoms with Crippen LogP contribution in [0.4, 0.5) is 0 Å². The van der Waals surface area contributed by atoms with Crippen molar-refractivity contribution in [2.75, 3.05) is 13.8 Å². The molecule has 1 aliphatic rings. The lowest BCUT2D eigenvalue weighted by atomic mass is 10.1. The highest BCUT2D eigenvalue weighted by Crippen LogP contribution is 2.32. The SMILES string of the molecule is [2H]C1([2H])Oc2ccc(C([2H])([2H])C(C)NC)cc2O1. The summed E-state index contributed by atoms with van der Waals surface area (Å²) < 4.78 is 40.7. The molecule has 3 nitrogen and oxygen atoms in total. The Morgan fingerprint density at radius 2 is 2.36 bits per heavy atom. The summed E-state index contributed by atoms with van der Waals surface area (Å²) in [6, 6.07) is 4.20. The molecule has 1 aliphatic heterocycles. The molecule has 0 radical (unpaired) electrons. The van der Waals surface area contributed by atoms with Crippen molar-refractivity contribution >= 4 is 0 Å². The molecule has 0 saturated carbocycles. The van der Waals surface area contributed by atoms with Gasteiger partial charge in [0.1, 0.15) is 2.74 Å². The van der Waals surface area contributed by atoms with Gasteiger partial charge in [0.05, 0.1) is 0 Å². The molecule has 76 valence electrons. The monoisotopic (exact) mass is 197 g/mol. The average Bonchev–Trinajstić information content (AvgIpc) is 2.60. The first-order chi connectivity index (χ1) is 8.26. The van der Waals surface area contributed by atoms with Crippen molar-refractivity contribution in [2.24, 2.45) is 0 Å². The molecule has 0 saturated heterocycles. The molecule has 0 amide bonds. The van der Waals surface area contributed by atoms with Crippen molar-refractivity contribution in [1.29, 1.82) is 0 Å². The van der Waals surface area contributed by atoms with Crippen LogP contribution in [0.25, 0.3) is 0 Å². The van der Waals surface area contributed by atoms with E-state index in [4.69, 9.17) is 15.0 Å². The fourth-order valence-corrected chi connectivity index (χ4v) is 1.19. The molecular formula is C11H15NO2. The second kappa shape index (κ2) is 3.88. The molecular weight excluding hydrogens is 178 g/mol. The van der Waals surface area contributed by atoms with E-state index in [9.17, 15) is 0 Å². The van der Waals surface area contributed by atoms with Gasteiger partial charge in [-0.1, -0.05) is 6.07 Å². The molecule has 1 N–H and O–H groups in total. The number of ether oxygens (including phenoxy) is 2. The highest BCUT2D eigenvalue weighted by atomic mass is 16.7. The summed E-state index contributed by atoms with van der Waals surface area (Å²) in [6.07, 6.45) is -1.58. The van der Waals surface area contributed by atoms with Gasteiger partial charge in [0.25, 0.3) is 0 Å². The molecule has 1 unspecified atom stereocenters. The van der Waals surface area contributed by atoms with Crippen molar-refractivity contribution in [3.8, 4) is 11.5 Å². The van der Waals surface area contributed by atoms with Crippen LogP contribution in [0.5, 0.6) is 11.5 Å². The predicted octanol–water partition coefficient (Wildman–Crippen LogP) is 1.57. The summed E-state index contributed by atoms with van der Waals surface area (Å²) in [5, 5.41) is 2.87. The minimum Gasteiger partial charge on any atom is -0.454 e. The van der Waals surface area contributed by atoms with Crippen LogP contribution in [0, 0.1) is 0 Å². The van der Waals surface area contributed by atoms with Gasteiger partial charge in [-0.3, -0.25) is 0 Å². The largest absolute Gasteiger partial charge is 0.454 e. The molecule has 1 aromatic rings. The van der Waals surface area contributed by atoms with Gasteiger partial charge in [-0.2, -0.15) is 0 Å². The van der Waals surface area contributed by atoms with Crippen LogP contribution in [-0.2, 0) is 6.37 Å². The molecule has 0 aliphatic carbocycles. The normalized spacial score (nSPS) is 24.4. The van der Waals surface area contributed by atoms with Gasteiger partial charge in [-0.05, 0) is 38.0 Å². The molecule has 0 bridgehead atoms. The van der Waals surface area contributed by atoms with Gasteiger partial charge in [0, 0.05) is 8.78 Å². The van der Waals surface area contributed by atoms with Crippen molar-refractivity contribution in [3.63, 3.8) is 0 Å². The Bertz CT molecular complexity index is 464. The zero-order valence-corrected chi connectivity index (χ0v) is 8.13. The smallest absolute Gasteiger partial charge is 0.231 e. The van der Waals surface area contributed by atoms with E-state index < -0.39 is 13.1 Å². The summed E-state index contributed by atoms with van der Waals surface area (Å²) in [5.41, 5.74) is 0.421. The minimum absolute atomic E-state index is 0.227. The number of rotatable bonds is 3. The van der Waals surface area contributed by atoms with E-state index in [-0.39, 0.29) is 17.5 Å². The zero-order valence-electron chi connectivity index (χ0n) is 12.1. The molecule has 1 heterocycles. The Hall–Kier alpha value is -1.22. The fraction of sp³-hybridized carbons (Fsp3) is 0.455. The molecule has 0 aromatic heterocycles. The van der Waals surface area contributed by atoms with E-state index in [2.05, 4.69) is 5.32 Å². The molecule has 1 aromatic carbocycles. The van der Waals surface area contributed by atoms with Gasteiger partial charge < -0.3 is 14.8 Å². The number of hydrogen-bond donors (Lipinski definition) is 1. The molecule has 14 heavy (non-hydrogen) atoms. The van der Waals surface area contributed by atoms with Gasteiger partial charge in [-0.25, -0.2) is 0 Å². The first-order valence-electron chi connectivity index (χ1n) is 6.46. The summed E-state index contributed by atoms with van der Waals surface area (Å²) in [5.74, 6) is 0.515. The minimum atomic E-state index is -2.18. The van der Waals surface area contributed by atoms with Gasteiger partial charge in [0.2, 0.25) is 6.75 Å². The first-order valence-corrected chi connectivity index (χ1v) is 4.46. The summed E-state index contributed by atoms with van der Waals surface area (Å²) in [7, 11) is 1.69. The second-order valence-electron chi connectivity index (χ2n) is 3.10. The quantitative estimate of drug-likeness (QED) is 0.797. The van der Waals surface area contributed by atoms with Crippen LogP contribution in [0.15, 0.2) is 18.2 Å². The predicted molar refractivity (Wildman–Crippen MR) is 54.8 cm³/mol. The van der Waals surface area contributed by atoms with Gasteiger partial charge in [0.15, 0.2) is 11.5 Å². The van der Waals surface area contributed by atoms with E-state index >= 15 is 0 Å². The van der Waals surface area contributed by atoms with E-state index in [1.54, 1.807) is 20.0 Å². The number of benzene rings is 1. The maximum atomic E-state index is 8.05.